The molecule has 1 aliphatic rings. The van der Waals surface area contributed by atoms with Crippen molar-refractivity contribution in [2.45, 2.75) is 52.2 Å². The number of nitrogens with zero attached hydrogens (tertiary/aromatic N) is 2. The maximum absolute atomic E-state index is 11.8. The fraction of sp³-hybridized carbons (Fsp3) is 0.579. The van der Waals surface area contributed by atoms with Gasteiger partial charge >= 0.3 is 0 Å². The Kier molecular flexibility index (Phi) is 5.61. The Bertz CT molecular complexity index is 953. The van der Waals surface area contributed by atoms with Crippen molar-refractivity contribution < 1.29 is 17.7 Å². The van der Waals surface area contributed by atoms with Gasteiger partial charge in [-0.25, -0.2) is 8.42 Å². The third kappa shape index (κ3) is 4.67. The van der Waals surface area contributed by atoms with E-state index < -0.39 is 9.84 Å². The molecule has 1 aromatic carbocycles. The number of benzene rings is 1. The van der Waals surface area contributed by atoms with Gasteiger partial charge in [0, 0.05) is 12.0 Å². The lowest BCUT2D eigenvalue weighted by Gasteiger charge is -2.22. The van der Waals surface area contributed by atoms with Crippen LogP contribution in [0.5, 0.6) is 0 Å². The molecule has 0 saturated carbocycles. The second-order valence-electron chi connectivity index (χ2n) is 8.27. The number of hydrogen-bond donors (Lipinski definition) is 1. The maximum atomic E-state index is 11.8. The van der Waals surface area contributed by atoms with E-state index in [1.165, 1.54) is 5.56 Å². The van der Waals surface area contributed by atoms with E-state index in [4.69, 9.17) is 16.6 Å². The molecule has 1 saturated heterocycles. The first-order valence-electron chi connectivity index (χ1n) is 9.33. The van der Waals surface area contributed by atoms with Crippen molar-refractivity contribution in [2.24, 2.45) is 0 Å². The van der Waals surface area contributed by atoms with Crippen LogP contribution in [-0.4, -0.2) is 42.3 Å². The average Bonchev–Trinajstić information content (AvgIpc) is 3.14. The highest BCUT2D eigenvalue weighted by Gasteiger charge is 2.35. The lowest BCUT2D eigenvalue weighted by Crippen LogP contribution is -3.15. The van der Waals surface area contributed by atoms with Gasteiger partial charge < -0.3 is 9.32 Å². The van der Waals surface area contributed by atoms with Gasteiger partial charge in [-0.05, 0) is 42.3 Å². The monoisotopic (exact) mass is 410 g/mol. The molecule has 0 aliphatic carbocycles. The van der Waals surface area contributed by atoms with E-state index in [-0.39, 0.29) is 23.0 Å². The number of nitrogens with one attached hydrogen (secondary N) is 1. The van der Waals surface area contributed by atoms with Crippen LogP contribution in [0.2, 0.25) is 0 Å². The van der Waals surface area contributed by atoms with Crippen LogP contribution in [0.1, 0.15) is 39.7 Å². The van der Waals surface area contributed by atoms with Gasteiger partial charge in [0.2, 0.25) is 5.89 Å². The summed E-state index contributed by atoms with van der Waals surface area (Å²) >= 11 is 5.35. The molecule has 0 amide bonds. The summed E-state index contributed by atoms with van der Waals surface area (Å²) in [6.07, 6.45) is 0.692. The van der Waals surface area contributed by atoms with Crippen molar-refractivity contribution in [2.75, 3.05) is 18.1 Å². The Morgan fingerprint density at radius 1 is 1.30 bits per heavy atom. The number of quaternary nitrogens is 1. The Hall–Kier alpha value is -1.51. The van der Waals surface area contributed by atoms with E-state index in [1.807, 2.05) is 12.1 Å². The summed E-state index contributed by atoms with van der Waals surface area (Å²) in [6.45, 7) is 9.90. The molecule has 6 nitrogen and oxygen atoms in total. The molecule has 1 N–H and O–H groups in total. The molecule has 2 atom stereocenters. The SMILES string of the molecule is CC[NH+](Cn1nc(-c2ccc(C(C)(C)C)cc2)oc1=S)[C@@H]1CCS(=O)(=O)C1. The molecule has 1 aromatic heterocycles. The van der Waals surface area contributed by atoms with Crippen LogP contribution in [0.25, 0.3) is 11.5 Å². The van der Waals surface area contributed by atoms with Gasteiger partial charge in [-0.2, -0.15) is 4.68 Å². The molecule has 148 valence electrons. The zero-order valence-electron chi connectivity index (χ0n) is 16.4. The third-order valence-corrected chi connectivity index (χ3v) is 7.28. The van der Waals surface area contributed by atoms with Crippen molar-refractivity contribution in [3.8, 4) is 11.5 Å². The van der Waals surface area contributed by atoms with E-state index >= 15 is 0 Å². The van der Waals surface area contributed by atoms with Crippen LogP contribution in [0.15, 0.2) is 28.7 Å². The minimum Gasteiger partial charge on any atom is -0.409 e. The predicted octanol–water partition coefficient (Wildman–Crippen LogP) is 2.22. The molecule has 0 radical (unpaired) electrons. The fourth-order valence-electron chi connectivity index (χ4n) is 3.47. The second-order valence-corrected chi connectivity index (χ2v) is 10.8. The van der Waals surface area contributed by atoms with Crippen LogP contribution in [-0.2, 0) is 21.9 Å². The minimum atomic E-state index is -2.91. The van der Waals surface area contributed by atoms with Crippen molar-refractivity contribution in [3.63, 3.8) is 0 Å². The summed E-state index contributed by atoms with van der Waals surface area (Å²) in [6, 6.07) is 8.26. The van der Waals surface area contributed by atoms with Crippen molar-refractivity contribution in [1.82, 2.24) is 9.78 Å². The summed E-state index contributed by atoms with van der Waals surface area (Å²) in [5, 5.41) is 4.54. The highest BCUT2D eigenvalue weighted by molar-refractivity contribution is 7.91. The lowest BCUT2D eigenvalue weighted by atomic mass is 9.87. The van der Waals surface area contributed by atoms with Crippen LogP contribution >= 0.6 is 12.2 Å². The molecule has 3 rings (SSSR count). The largest absolute Gasteiger partial charge is 0.409 e. The van der Waals surface area contributed by atoms with Crippen molar-refractivity contribution >= 4 is 22.1 Å². The molecule has 1 fully saturated rings. The summed E-state index contributed by atoms with van der Waals surface area (Å²) < 4.78 is 31.0. The zero-order valence-corrected chi connectivity index (χ0v) is 18.0. The van der Waals surface area contributed by atoms with E-state index in [1.54, 1.807) is 4.68 Å². The van der Waals surface area contributed by atoms with Crippen LogP contribution in [0, 0.1) is 4.84 Å². The normalized spacial score (nSPS) is 20.7. The highest BCUT2D eigenvalue weighted by atomic mass is 32.2. The zero-order chi connectivity index (χ0) is 19.8. The highest BCUT2D eigenvalue weighted by Crippen LogP contribution is 2.25. The van der Waals surface area contributed by atoms with E-state index in [0.717, 1.165) is 17.0 Å². The first-order valence-corrected chi connectivity index (χ1v) is 11.6. The number of aromatic nitrogens is 2. The van der Waals surface area contributed by atoms with Crippen LogP contribution in [0.4, 0.5) is 0 Å². The molecule has 1 unspecified atom stereocenters. The molecular weight excluding hydrogens is 382 g/mol. The van der Waals surface area contributed by atoms with Gasteiger partial charge in [0.05, 0.1) is 12.3 Å². The third-order valence-electron chi connectivity index (χ3n) is 5.22. The molecule has 2 aromatic rings. The molecule has 27 heavy (non-hydrogen) atoms. The fourth-order valence-corrected chi connectivity index (χ4v) is 5.48. The molecule has 2 heterocycles. The lowest BCUT2D eigenvalue weighted by molar-refractivity contribution is -0.943. The quantitative estimate of drug-likeness (QED) is 0.766. The Balaban J connectivity index is 1.79. The maximum Gasteiger partial charge on any atom is 0.292 e. The van der Waals surface area contributed by atoms with Crippen molar-refractivity contribution in [1.29, 1.82) is 0 Å². The van der Waals surface area contributed by atoms with E-state index in [0.29, 0.717) is 23.8 Å². The molecule has 0 spiro atoms. The Morgan fingerprint density at radius 2 is 1.96 bits per heavy atom. The van der Waals surface area contributed by atoms with Crippen LogP contribution < -0.4 is 4.90 Å². The van der Waals surface area contributed by atoms with Gasteiger partial charge in [0.15, 0.2) is 16.5 Å². The van der Waals surface area contributed by atoms with E-state index in [9.17, 15) is 8.42 Å². The topological polar surface area (TPSA) is 69.5 Å². The second kappa shape index (κ2) is 7.48. The van der Waals surface area contributed by atoms with Gasteiger partial charge in [-0.1, -0.05) is 32.9 Å². The van der Waals surface area contributed by atoms with E-state index in [2.05, 4.69) is 44.9 Å². The first kappa shape index (κ1) is 20.2. The van der Waals surface area contributed by atoms with Gasteiger partial charge in [-0.15, -0.1) is 5.10 Å². The summed E-state index contributed by atoms with van der Waals surface area (Å²) in [4.78, 5) is 1.48. The smallest absolute Gasteiger partial charge is 0.292 e. The standard InChI is InChI=1S/C19H27N3O3S2/c1-5-21(16-10-11-27(23,24)12-16)13-22-18(26)25-17(20-22)14-6-8-15(9-7-14)19(2,3)4/h6-9,16H,5,10-13H2,1-4H3/p+1/t16-/m1/s1. The summed E-state index contributed by atoms with van der Waals surface area (Å²) in [5.41, 5.74) is 2.22. The summed E-state index contributed by atoms with van der Waals surface area (Å²) in [5.74, 6) is 1.01. The summed E-state index contributed by atoms with van der Waals surface area (Å²) in [7, 11) is -2.91. The molecular formula is C19H28N3O3S2+. The first-order chi connectivity index (χ1) is 12.6. The molecule has 0 bridgehead atoms. The number of hydrogen-bond acceptors (Lipinski definition) is 5. The predicted molar refractivity (Wildman–Crippen MR) is 108 cm³/mol. The Morgan fingerprint density at radius 3 is 2.48 bits per heavy atom. The average molecular weight is 411 g/mol. The van der Waals surface area contributed by atoms with Gasteiger partial charge in [-0.3, -0.25) is 0 Å². The van der Waals surface area contributed by atoms with Gasteiger partial charge in [0.25, 0.3) is 4.84 Å². The number of rotatable bonds is 5. The molecule has 1 aliphatic heterocycles. The van der Waals surface area contributed by atoms with Gasteiger partial charge in [0.1, 0.15) is 11.8 Å². The van der Waals surface area contributed by atoms with Crippen molar-refractivity contribution in [3.05, 3.63) is 34.7 Å². The molecule has 8 heteroatoms. The number of sulfone groups is 1. The minimum absolute atomic E-state index is 0.0881. The Labute approximate surface area is 166 Å². The van der Waals surface area contributed by atoms with Crippen LogP contribution in [0.3, 0.4) is 0 Å².